The summed E-state index contributed by atoms with van der Waals surface area (Å²) < 4.78 is 0. The molecule has 114 valence electrons. The molecule has 1 amide bonds. The highest BCUT2D eigenvalue weighted by Gasteiger charge is 2.40. The molecule has 2 aliphatic heterocycles. The normalized spacial score (nSPS) is 30.4. The number of aliphatic carboxylic acids is 1. The highest BCUT2D eigenvalue weighted by molar-refractivity contribution is 8.00. The average Bonchev–Trinajstić information content (AvgIpc) is 2.90. The van der Waals surface area contributed by atoms with Crippen LogP contribution in [0.25, 0.3) is 0 Å². The van der Waals surface area contributed by atoms with Gasteiger partial charge in [0.1, 0.15) is 6.04 Å². The van der Waals surface area contributed by atoms with E-state index in [9.17, 15) is 14.7 Å². The second kappa shape index (κ2) is 7.31. The van der Waals surface area contributed by atoms with Crippen molar-refractivity contribution in [2.45, 2.75) is 50.4 Å². The van der Waals surface area contributed by atoms with Crippen LogP contribution in [0, 0.1) is 5.92 Å². The molecule has 2 rings (SSSR count). The third-order valence-electron chi connectivity index (χ3n) is 4.18. The molecule has 6 heteroatoms. The Bertz CT molecular complexity index is 358. The highest BCUT2D eigenvalue weighted by Crippen LogP contribution is 2.32. The molecule has 5 nitrogen and oxygen atoms in total. The van der Waals surface area contributed by atoms with Gasteiger partial charge in [-0.15, -0.1) is 11.8 Å². The Hall–Kier alpha value is -0.750. The van der Waals surface area contributed by atoms with E-state index in [1.165, 1.54) is 12.8 Å². The second-order valence-electron chi connectivity index (χ2n) is 5.60. The SMILES string of the molecule is CCC1SCC(C(=O)O)N1C(=O)CCC1CCCNC1. The predicted molar refractivity (Wildman–Crippen MR) is 79.6 cm³/mol. The molecular formula is C14H24N2O3S. The van der Waals surface area contributed by atoms with E-state index < -0.39 is 12.0 Å². The Morgan fingerprint density at radius 2 is 2.25 bits per heavy atom. The lowest BCUT2D eigenvalue weighted by molar-refractivity contribution is -0.149. The van der Waals surface area contributed by atoms with Crippen LogP contribution in [-0.4, -0.2) is 52.1 Å². The fourth-order valence-electron chi connectivity index (χ4n) is 3.03. The number of hydrogen-bond acceptors (Lipinski definition) is 4. The van der Waals surface area contributed by atoms with Gasteiger partial charge in [0.05, 0.1) is 5.37 Å². The molecule has 0 saturated carbocycles. The van der Waals surface area contributed by atoms with Crippen molar-refractivity contribution in [3.8, 4) is 0 Å². The number of carboxylic acid groups (broad SMARTS) is 1. The van der Waals surface area contributed by atoms with Gasteiger partial charge in [-0.2, -0.15) is 0 Å². The van der Waals surface area contributed by atoms with Crippen molar-refractivity contribution in [3.63, 3.8) is 0 Å². The fraction of sp³-hybridized carbons (Fsp3) is 0.857. The standard InChI is InChI=1S/C14H24N2O3S/c1-2-13-16(11(9-20-13)14(18)19)12(17)6-5-10-4-3-7-15-8-10/h10-11,13,15H,2-9H2,1H3,(H,18,19). The zero-order valence-electron chi connectivity index (χ0n) is 12.0. The molecule has 0 aromatic carbocycles. The van der Waals surface area contributed by atoms with E-state index in [1.54, 1.807) is 16.7 Å². The molecule has 0 radical (unpaired) electrons. The minimum Gasteiger partial charge on any atom is -0.480 e. The topological polar surface area (TPSA) is 69.6 Å². The first-order valence-corrected chi connectivity index (χ1v) is 8.54. The van der Waals surface area contributed by atoms with Crippen LogP contribution in [0.4, 0.5) is 0 Å². The average molecular weight is 300 g/mol. The van der Waals surface area contributed by atoms with E-state index >= 15 is 0 Å². The van der Waals surface area contributed by atoms with Gasteiger partial charge in [0.2, 0.25) is 5.91 Å². The molecule has 0 aromatic heterocycles. The number of carbonyl (C=O) groups excluding carboxylic acids is 1. The summed E-state index contributed by atoms with van der Waals surface area (Å²) in [5, 5.41) is 12.6. The number of carboxylic acids is 1. The van der Waals surface area contributed by atoms with Crippen LogP contribution < -0.4 is 5.32 Å². The predicted octanol–water partition coefficient (Wildman–Crippen LogP) is 1.53. The molecule has 2 fully saturated rings. The molecular weight excluding hydrogens is 276 g/mol. The highest BCUT2D eigenvalue weighted by atomic mass is 32.2. The van der Waals surface area contributed by atoms with Crippen molar-refractivity contribution < 1.29 is 14.7 Å². The Morgan fingerprint density at radius 3 is 2.85 bits per heavy atom. The molecule has 2 aliphatic rings. The van der Waals surface area contributed by atoms with Gasteiger partial charge in [-0.1, -0.05) is 6.92 Å². The third-order valence-corrected chi connectivity index (χ3v) is 5.63. The van der Waals surface area contributed by atoms with E-state index in [0.29, 0.717) is 18.1 Å². The molecule has 2 N–H and O–H groups in total. The minimum absolute atomic E-state index is 0.0137. The lowest BCUT2D eigenvalue weighted by Crippen LogP contribution is -2.45. The van der Waals surface area contributed by atoms with Gasteiger partial charge in [0.15, 0.2) is 0 Å². The Balaban J connectivity index is 1.89. The van der Waals surface area contributed by atoms with Crippen molar-refractivity contribution in [1.29, 1.82) is 0 Å². The molecule has 0 aliphatic carbocycles. The van der Waals surface area contributed by atoms with Gasteiger partial charge < -0.3 is 15.3 Å². The number of thioether (sulfide) groups is 1. The maximum Gasteiger partial charge on any atom is 0.327 e. The summed E-state index contributed by atoms with van der Waals surface area (Å²) in [6, 6.07) is -0.637. The molecule has 0 bridgehead atoms. The summed E-state index contributed by atoms with van der Waals surface area (Å²) in [6.45, 7) is 4.07. The van der Waals surface area contributed by atoms with E-state index in [-0.39, 0.29) is 11.3 Å². The number of piperidine rings is 1. The van der Waals surface area contributed by atoms with Crippen LogP contribution in [-0.2, 0) is 9.59 Å². The smallest absolute Gasteiger partial charge is 0.327 e. The van der Waals surface area contributed by atoms with Crippen LogP contribution in [0.3, 0.4) is 0 Å². The molecule has 3 atom stereocenters. The number of nitrogens with one attached hydrogen (secondary N) is 1. The van der Waals surface area contributed by atoms with Gasteiger partial charge in [0.25, 0.3) is 0 Å². The largest absolute Gasteiger partial charge is 0.480 e. The molecule has 2 heterocycles. The third kappa shape index (κ3) is 3.67. The molecule has 2 saturated heterocycles. The summed E-state index contributed by atoms with van der Waals surface area (Å²) >= 11 is 1.59. The van der Waals surface area contributed by atoms with Crippen molar-refractivity contribution in [1.82, 2.24) is 10.2 Å². The van der Waals surface area contributed by atoms with Gasteiger partial charge >= 0.3 is 5.97 Å². The molecule has 3 unspecified atom stereocenters. The monoisotopic (exact) mass is 300 g/mol. The second-order valence-corrected chi connectivity index (χ2v) is 6.81. The van der Waals surface area contributed by atoms with Crippen molar-refractivity contribution in [2.75, 3.05) is 18.8 Å². The number of amides is 1. The first-order chi connectivity index (χ1) is 9.63. The molecule has 0 aromatic rings. The molecule has 0 spiro atoms. The van der Waals surface area contributed by atoms with Crippen molar-refractivity contribution >= 4 is 23.6 Å². The van der Waals surface area contributed by atoms with Crippen LogP contribution in [0.15, 0.2) is 0 Å². The summed E-state index contributed by atoms with van der Waals surface area (Å²) in [5.41, 5.74) is 0. The quantitative estimate of drug-likeness (QED) is 0.806. The lowest BCUT2D eigenvalue weighted by atomic mass is 9.94. The van der Waals surface area contributed by atoms with Gasteiger partial charge in [-0.05, 0) is 44.7 Å². The van der Waals surface area contributed by atoms with E-state index in [4.69, 9.17) is 0 Å². The minimum atomic E-state index is -0.874. The van der Waals surface area contributed by atoms with Crippen LogP contribution in [0.2, 0.25) is 0 Å². The summed E-state index contributed by atoms with van der Waals surface area (Å²) in [7, 11) is 0. The van der Waals surface area contributed by atoms with Crippen molar-refractivity contribution in [3.05, 3.63) is 0 Å². The number of nitrogens with zero attached hydrogens (tertiary/aromatic N) is 1. The first-order valence-electron chi connectivity index (χ1n) is 7.49. The zero-order valence-corrected chi connectivity index (χ0v) is 12.8. The Labute approximate surface area is 124 Å². The Morgan fingerprint density at radius 1 is 1.45 bits per heavy atom. The lowest BCUT2D eigenvalue weighted by Gasteiger charge is -2.28. The van der Waals surface area contributed by atoms with Gasteiger partial charge in [-0.25, -0.2) is 4.79 Å². The number of rotatable bonds is 5. The van der Waals surface area contributed by atoms with E-state index in [2.05, 4.69) is 5.32 Å². The summed E-state index contributed by atoms with van der Waals surface area (Å²) in [4.78, 5) is 25.3. The zero-order chi connectivity index (χ0) is 14.5. The van der Waals surface area contributed by atoms with E-state index in [1.807, 2.05) is 6.92 Å². The maximum absolute atomic E-state index is 12.4. The van der Waals surface area contributed by atoms with Crippen LogP contribution >= 0.6 is 11.8 Å². The van der Waals surface area contributed by atoms with Crippen LogP contribution in [0.1, 0.15) is 39.0 Å². The van der Waals surface area contributed by atoms with Gasteiger partial charge in [-0.3, -0.25) is 4.79 Å². The summed E-state index contributed by atoms with van der Waals surface area (Å²) in [6.07, 6.45) is 4.51. The number of hydrogen-bond donors (Lipinski definition) is 2. The maximum atomic E-state index is 12.4. The fourth-order valence-corrected chi connectivity index (χ4v) is 4.40. The van der Waals surface area contributed by atoms with Gasteiger partial charge in [0, 0.05) is 12.2 Å². The molecule has 20 heavy (non-hydrogen) atoms. The number of carbonyl (C=O) groups is 2. The Kier molecular flexibility index (Phi) is 5.72. The van der Waals surface area contributed by atoms with E-state index in [0.717, 1.165) is 25.9 Å². The van der Waals surface area contributed by atoms with Crippen LogP contribution in [0.5, 0.6) is 0 Å². The first kappa shape index (κ1) is 15.6. The summed E-state index contributed by atoms with van der Waals surface area (Å²) in [5.74, 6) is 0.220. The van der Waals surface area contributed by atoms with Crippen molar-refractivity contribution in [2.24, 2.45) is 5.92 Å².